The van der Waals surface area contributed by atoms with Crippen LogP contribution in [0.2, 0.25) is 0 Å². The fraction of sp³-hybridized carbons (Fsp3) is 0.650. The minimum absolute atomic E-state index is 0.0343. The van der Waals surface area contributed by atoms with Crippen LogP contribution in [0, 0.1) is 16.7 Å². The van der Waals surface area contributed by atoms with Crippen LogP contribution in [0.4, 0.5) is 0 Å². The zero-order chi connectivity index (χ0) is 18.6. The summed E-state index contributed by atoms with van der Waals surface area (Å²) in [6.45, 7) is 11.1. The Morgan fingerprint density at radius 3 is 2.89 bits per heavy atom. The highest BCUT2D eigenvalue weighted by Crippen LogP contribution is 2.63. The summed E-state index contributed by atoms with van der Waals surface area (Å²) in [6.07, 6.45) is 4.73. The van der Waals surface area contributed by atoms with Crippen molar-refractivity contribution in [2.24, 2.45) is 16.7 Å². The second-order valence-corrected chi connectivity index (χ2v) is 9.11. The maximum Gasteiger partial charge on any atom is 0.274 e. The summed E-state index contributed by atoms with van der Waals surface area (Å²) in [5, 5.41) is 4.44. The van der Waals surface area contributed by atoms with Crippen molar-refractivity contribution in [3.05, 3.63) is 30.2 Å². The molecule has 0 aromatic carbocycles. The van der Waals surface area contributed by atoms with Crippen LogP contribution in [0.15, 0.2) is 24.5 Å². The molecule has 1 amide bonds. The monoisotopic (exact) mass is 369 g/mol. The van der Waals surface area contributed by atoms with E-state index in [4.69, 9.17) is 4.74 Å². The highest BCUT2D eigenvalue weighted by molar-refractivity contribution is 5.93. The van der Waals surface area contributed by atoms with Gasteiger partial charge in [-0.25, -0.2) is 9.50 Å². The van der Waals surface area contributed by atoms with Crippen molar-refractivity contribution < 1.29 is 9.53 Å². The van der Waals surface area contributed by atoms with Crippen molar-refractivity contribution in [3.63, 3.8) is 0 Å². The predicted octanol–water partition coefficient (Wildman–Crippen LogP) is 1.55. The molecule has 1 saturated carbocycles. The summed E-state index contributed by atoms with van der Waals surface area (Å²) in [5.74, 6) is 0.582. The van der Waals surface area contributed by atoms with Crippen molar-refractivity contribution >= 4 is 11.6 Å². The van der Waals surface area contributed by atoms with Crippen LogP contribution in [0.3, 0.4) is 0 Å². The molecule has 4 heterocycles. The van der Waals surface area contributed by atoms with Gasteiger partial charge in [0.15, 0.2) is 11.3 Å². The van der Waals surface area contributed by atoms with Gasteiger partial charge >= 0.3 is 0 Å². The van der Waals surface area contributed by atoms with Gasteiger partial charge in [0.1, 0.15) is 0 Å². The molecular weight excluding hydrogens is 342 g/mol. The number of carbonyl (C=O) groups is 1. The number of ether oxygens (including phenoxy) is 1. The highest BCUT2D eigenvalue weighted by Gasteiger charge is 2.63. The molecule has 7 nitrogen and oxygen atoms in total. The quantitative estimate of drug-likeness (QED) is 0.821. The molecule has 0 spiro atoms. The smallest absolute Gasteiger partial charge is 0.274 e. The van der Waals surface area contributed by atoms with Gasteiger partial charge in [-0.2, -0.15) is 5.10 Å². The molecule has 3 fully saturated rings. The topological polar surface area (TPSA) is 63.0 Å². The molecule has 0 N–H and O–H groups in total. The summed E-state index contributed by atoms with van der Waals surface area (Å²) in [4.78, 5) is 22.0. The van der Waals surface area contributed by atoms with E-state index < -0.39 is 0 Å². The van der Waals surface area contributed by atoms with Gasteiger partial charge in [-0.3, -0.25) is 9.69 Å². The molecule has 5 rings (SSSR count). The predicted molar refractivity (Wildman–Crippen MR) is 100 cm³/mol. The van der Waals surface area contributed by atoms with Crippen LogP contribution in [-0.4, -0.2) is 76.2 Å². The zero-order valence-corrected chi connectivity index (χ0v) is 16.1. The number of hydrogen-bond donors (Lipinski definition) is 0. The third-order valence-corrected chi connectivity index (χ3v) is 6.78. The van der Waals surface area contributed by atoms with Gasteiger partial charge < -0.3 is 9.64 Å². The van der Waals surface area contributed by atoms with Crippen molar-refractivity contribution in [2.45, 2.75) is 20.3 Å². The van der Waals surface area contributed by atoms with Crippen LogP contribution in [0.25, 0.3) is 5.65 Å². The van der Waals surface area contributed by atoms with E-state index in [1.54, 1.807) is 16.8 Å². The first-order valence-electron chi connectivity index (χ1n) is 9.87. The Hall–Kier alpha value is -1.99. The van der Waals surface area contributed by atoms with Gasteiger partial charge in [-0.1, -0.05) is 13.8 Å². The van der Waals surface area contributed by atoms with E-state index in [0.29, 0.717) is 22.7 Å². The number of nitrogens with zero attached hydrogens (tertiary/aromatic N) is 5. The van der Waals surface area contributed by atoms with Crippen LogP contribution in [-0.2, 0) is 4.74 Å². The third-order valence-electron chi connectivity index (χ3n) is 6.78. The van der Waals surface area contributed by atoms with Gasteiger partial charge in [0.2, 0.25) is 0 Å². The molecule has 3 aliphatic rings. The van der Waals surface area contributed by atoms with Crippen LogP contribution < -0.4 is 0 Å². The lowest BCUT2D eigenvalue weighted by Gasteiger charge is -2.58. The first-order valence-corrected chi connectivity index (χ1v) is 9.87. The number of hydrogen-bond acceptors (Lipinski definition) is 5. The Morgan fingerprint density at radius 1 is 1.33 bits per heavy atom. The van der Waals surface area contributed by atoms with E-state index in [1.807, 2.05) is 17.2 Å². The molecule has 7 heteroatoms. The fourth-order valence-corrected chi connectivity index (χ4v) is 5.80. The molecule has 2 atom stereocenters. The van der Waals surface area contributed by atoms with E-state index in [2.05, 4.69) is 28.8 Å². The average molecular weight is 369 g/mol. The van der Waals surface area contributed by atoms with E-state index in [-0.39, 0.29) is 11.3 Å². The molecule has 144 valence electrons. The molecular formula is C20H27N5O2. The number of aromatic nitrogens is 3. The molecule has 2 aromatic heterocycles. The van der Waals surface area contributed by atoms with Gasteiger partial charge in [-0.05, 0) is 23.8 Å². The Morgan fingerprint density at radius 2 is 2.15 bits per heavy atom. The van der Waals surface area contributed by atoms with Crippen molar-refractivity contribution in [3.8, 4) is 0 Å². The van der Waals surface area contributed by atoms with Crippen molar-refractivity contribution in [1.82, 2.24) is 24.4 Å². The minimum atomic E-state index is 0.0343. The number of amides is 1. The average Bonchev–Trinajstić information content (AvgIpc) is 3.21. The van der Waals surface area contributed by atoms with E-state index in [0.717, 1.165) is 45.9 Å². The Kier molecular flexibility index (Phi) is 3.81. The summed E-state index contributed by atoms with van der Waals surface area (Å²) in [7, 11) is 0. The lowest BCUT2D eigenvalue weighted by Crippen LogP contribution is -2.59. The molecule has 2 saturated heterocycles. The Bertz CT molecular complexity index is 839. The SMILES string of the molecule is CC1(C)C[C@]2(CN3CCOCC3)CN(C(=O)c3cc4ncccn4n3)C[C@H]12. The van der Waals surface area contributed by atoms with E-state index in [9.17, 15) is 4.79 Å². The Balaban J connectivity index is 1.37. The second kappa shape index (κ2) is 6.01. The van der Waals surface area contributed by atoms with E-state index in [1.165, 1.54) is 6.42 Å². The van der Waals surface area contributed by atoms with Crippen LogP contribution >= 0.6 is 0 Å². The molecule has 27 heavy (non-hydrogen) atoms. The van der Waals surface area contributed by atoms with Crippen LogP contribution in [0.1, 0.15) is 30.8 Å². The third kappa shape index (κ3) is 2.75. The molecule has 0 unspecified atom stereocenters. The van der Waals surface area contributed by atoms with Crippen molar-refractivity contribution in [1.29, 1.82) is 0 Å². The summed E-state index contributed by atoms with van der Waals surface area (Å²) in [5.41, 5.74) is 1.72. The van der Waals surface area contributed by atoms with Gasteiger partial charge in [0.25, 0.3) is 5.91 Å². The lowest BCUT2D eigenvalue weighted by atomic mass is 9.48. The Labute approximate surface area is 159 Å². The second-order valence-electron chi connectivity index (χ2n) is 9.11. The largest absolute Gasteiger partial charge is 0.379 e. The van der Waals surface area contributed by atoms with Crippen molar-refractivity contribution in [2.75, 3.05) is 45.9 Å². The standard InChI is InChI=1S/C20H27N5O2/c1-19(2)12-20(13-23-6-8-27-9-7-23)14-24(11-16(19)20)18(26)15-10-17-21-4-3-5-25(17)22-15/h3-5,10,16H,6-9,11-14H2,1-2H3/t16-,20+/m1/s1. The molecule has 0 bridgehead atoms. The molecule has 2 aromatic rings. The maximum atomic E-state index is 13.2. The number of fused-ring (bicyclic) bond motifs is 2. The first kappa shape index (κ1) is 17.1. The normalized spacial score (nSPS) is 30.3. The zero-order valence-electron chi connectivity index (χ0n) is 16.1. The van der Waals surface area contributed by atoms with Gasteiger partial charge in [-0.15, -0.1) is 0 Å². The van der Waals surface area contributed by atoms with Gasteiger partial charge in [0.05, 0.1) is 13.2 Å². The number of morpholine rings is 1. The summed E-state index contributed by atoms with van der Waals surface area (Å²) < 4.78 is 7.18. The van der Waals surface area contributed by atoms with Crippen LogP contribution in [0.5, 0.6) is 0 Å². The highest BCUT2D eigenvalue weighted by atomic mass is 16.5. The van der Waals surface area contributed by atoms with Gasteiger partial charge in [0, 0.05) is 56.6 Å². The summed E-state index contributed by atoms with van der Waals surface area (Å²) in [6, 6.07) is 3.62. The molecule has 0 radical (unpaired) electrons. The summed E-state index contributed by atoms with van der Waals surface area (Å²) >= 11 is 0. The molecule has 1 aliphatic carbocycles. The number of likely N-dealkylation sites (tertiary alicyclic amines) is 1. The van der Waals surface area contributed by atoms with E-state index >= 15 is 0 Å². The minimum Gasteiger partial charge on any atom is -0.379 e. The first-order chi connectivity index (χ1) is 13.0. The number of rotatable bonds is 3. The molecule has 2 aliphatic heterocycles. The fourth-order valence-electron chi connectivity index (χ4n) is 5.80. The maximum absolute atomic E-state index is 13.2. The number of carbonyl (C=O) groups excluding carboxylic acids is 1. The lowest BCUT2D eigenvalue weighted by molar-refractivity contribution is -0.0966.